The van der Waals surface area contributed by atoms with Gasteiger partial charge in [0.05, 0.1) is 12.0 Å². The van der Waals surface area contributed by atoms with Crippen molar-refractivity contribution in [2.45, 2.75) is 37.4 Å². The summed E-state index contributed by atoms with van der Waals surface area (Å²) in [6, 6.07) is 7.62. The molecule has 36 heavy (non-hydrogen) atoms. The molecule has 0 aliphatic carbocycles. The van der Waals surface area contributed by atoms with Crippen molar-refractivity contribution in [3.63, 3.8) is 0 Å². The average molecular weight is 585 g/mol. The molecule has 0 radical (unpaired) electrons. The summed E-state index contributed by atoms with van der Waals surface area (Å²) in [5.41, 5.74) is -0.652. The van der Waals surface area contributed by atoms with Crippen LogP contribution < -0.4 is 0 Å². The topological polar surface area (TPSA) is 96.1 Å². The van der Waals surface area contributed by atoms with Crippen LogP contribution in [0.3, 0.4) is 0 Å². The Kier molecular flexibility index (Phi) is 6.97. The van der Waals surface area contributed by atoms with Crippen molar-refractivity contribution >= 4 is 43.0 Å². The van der Waals surface area contributed by atoms with Gasteiger partial charge in [0.15, 0.2) is 11.3 Å². The molecule has 13 heteroatoms. The lowest BCUT2D eigenvalue weighted by molar-refractivity contribution is -0.142. The maximum atomic E-state index is 14.0. The van der Waals surface area contributed by atoms with E-state index in [0.29, 0.717) is 4.47 Å². The smallest absolute Gasteiger partial charge is 0.435 e. The van der Waals surface area contributed by atoms with Gasteiger partial charge in [0, 0.05) is 52.5 Å². The second-order valence-corrected chi connectivity index (χ2v) is 10.7. The summed E-state index contributed by atoms with van der Waals surface area (Å²) in [5, 5.41) is 3.89. The third-order valence-corrected chi connectivity index (χ3v) is 7.57. The van der Waals surface area contributed by atoms with Gasteiger partial charge in [-0.1, -0.05) is 17.7 Å². The van der Waals surface area contributed by atoms with Gasteiger partial charge in [0.2, 0.25) is 0 Å². The number of hydrogen-bond acceptors (Lipinski definition) is 6. The molecule has 4 rings (SSSR count). The molecule has 190 valence electrons. The largest absolute Gasteiger partial charge is 0.469 e. The van der Waals surface area contributed by atoms with E-state index in [1.807, 2.05) is 0 Å². The molecule has 0 N–H and O–H groups in total. The van der Waals surface area contributed by atoms with E-state index >= 15 is 0 Å². The van der Waals surface area contributed by atoms with E-state index in [1.165, 1.54) is 37.7 Å². The highest BCUT2D eigenvalue weighted by molar-refractivity contribution is 9.10. The number of hydrogen-bond donors (Lipinski definition) is 0. The molecule has 3 heterocycles. The lowest BCUT2D eigenvalue weighted by atomic mass is 10.1. The predicted octanol–water partition coefficient (Wildman–Crippen LogP) is 5.18. The van der Waals surface area contributed by atoms with Gasteiger partial charge in [0.1, 0.15) is 0 Å². The lowest BCUT2D eigenvalue weighted by Crippen LogP contribution is -2.12. The summed E-state index contributed by atoms with van der Waals surface area (Å²) in [5.74, 6) is -0.487. The quantitative estimate of drug-likeness (QED) is 0.278. The second-order valence-electron chi connectivity index (χ2n) is 8.01. The average Bonchev–Trinajstić information content (AvgIpc) is 3.41. The zero-order chi connectivity index (χ0) is 26.3. The van der Waals surface area contributed by atoms with Gasteiger partial charge in [-0.25, -0.2) is 17.4 Å². The SMILES string of the molecule is COC(=O)CCCn1cc(-c2cn(S(=O)(=O)c3ccc(C)cc3)c3ncc(Br)cc23)c(C(F)(F)F)n1. The van der Waals surface area contributed by atoms with Gasteiger partial charge in [-0.3, -0.25) is 9.48 Å². The van der Waals surface area contributed by atoms with Crippen molar-refractivity contribution in [3.05, 3.63) is 64.7 Å². The predicted molar refractivity (Wildman–Crippen MR) is 129 cm³/mol. The molecular weight excluding hydrogens is 565 g/mol. The fourth-order valence-electron chi connectivity index (χ4n) is 3.71. The molecular formula is C23H20BrF3N4O4S. The van der Waals surface area contributed by atoms with Crippen LogP contribution in [0.1, 0.15) is 24.1 Å². The van der Waals surface area contributed by atoms with E-state index in [2.05, 4.69) is 30.7 Å². The molecule has 1 aromatic carbocycles. The Labute approximate surface area is 212 Å². The van der Waals surface area contributed by atoms with E-state index in [-0.39, 0.29) is 46.4 Å². The fraction of sp³-hybridized carbons (Fsp3) is 0.261. The van der Waals surface area contributed by atoms with Crippen LogP contribution in [-0.4, -0.2) is 40.2 Å². The van der Waals surface area contributed by atoms with Crippen LogP contribution in [0, 0.1) is 6.92 Å². The highest BCUT2D eigenvalue weighted by Gasteiger charge is 2.39. The highest BCUT2D eigenvalue weighted by Crippen LogP contribution is 2.40. The number of pyridine rings is 1. The first-order valence-electron chi connectivity index (χ1n) is 10.6. The molecule has 0 spiro atoms. The van der Waals surface area contributed by atoms with Crippen molar-refractivity contribution in [1.82, 2.24) is 18.7 Å². The fourth-order valence-corrected chi connectivity index (χ4v) is 5.36. The summed E-state index contributed by atoms with van der Waals surface area (Å²) in [6.45, 7) is 1.83. The van der Waals surface area contributed by atoms with Crippen LogP contribution in [0.25, 0.3) is 22.2 Å². The monoisotopic (exact) mass is 584 g/mol. The number of ether oxygens (including phenoxy) is 1. The first kappa shape index (κ1) is 25.9. The first-order valence-corrected chi connectivity index (χ1v) is 12.9. The molecule has 0 saturated heterocycles. The Morgan fingerprint density at radius 1 is 1.14 bits per heavy atom. The first-order chi connectivity index (χ1) is 16.9. The molecule has 0 aliphatic rings. The molecule has 0 atom stereocenters. The van der Waals surface area contributed by atoms with E-state index < -0.39 is 27.9 Å². The van der Waals surface area contributed by atoms with Crippen molar-refractivity contribution in [1.29, 1.82) is 0 Å². The van der Waals surface area contributed by atoms with Crippen LogP contribution >= 0.6 is 15.9 Å². The summed E-state index contributed by atoms with van der Waals surface area (Å²) in [7, 11) is -2.95. The van der Waals surface area contributed by atoms with Gasteiger partial charge in [-0.2, -0.15) is 18.3 Å². The van der Waals surface area contributed by atoms with Gasteiger partial charge in [0.25, 0.3) is 10.0 Å². The van der Waals surface area contributed by atoms with Crippen LogP contribution in [0.5, 0.6) is 0 Å². The van der Waals surface area contributed by atoms with Crippen molar-refractivity contribution in [2.24, 2.45) is 0 Å². The van der Waals surface area contributed by atoms with Crippen molar-refractivity contribution in [2.75, 3.05) is 7.11 Å². The molecule has 0 unspecified atom stereocenters. The molecule has 0 saturated carbocycles. The summed E-state index contributed by atoms with van der Waals surface area (Å²) < 4.78 is 75.8. The minimum absolute atomic E-state index is 0.000953. The Morgan fingerprint density at radius 2 is 1.83 bits per heavy atom. The van der Waals surface area contributed by atoms with Gasteiger partial charge in [-0.15, -0.1) is 0 Å². The second kappa shape index (κ2) is 9.69. The number of halogens is 4. The number of methoxy groups -OCH3 is 1. The van der Waals surface area contributed by atoms with E-state index in [1.54, 1.807) is 19.1 Å². The molecule has 8 nitrogen and oxygen atoms in total. The Bertz CT molecular complexity index is 1540. The zero-order valence-corrected chi connectivity index (χ0v) is 21.5. The molecule has 4 aromatic rings. The number of aromatic nitrogens is 4. The summed E-state index contributed by atoms with van der Waals surface area (Å²) >= 11 is 3.26. The number of esters is 1. The molecule has 0 aliphatic heterocycles. The standard InChI is InChI=1S/C23H20BrF3N4O4S/c1-14-5-7-16(8-6-14)36(33,34)31-13-18(17-10-15(24)11-28-22(17)31)19-12-30(9-3-4-20(32)35-2)29-21(19)23(25,26)27/h5-8,10-13H,3-4,9H2,1-2H3. The van der Waals surface area contributed by atoms with Gasteiger partial charge in [-0.05, 0) is 47.5 Å². The molecule has 0 fully saturated rings. The maximum Gasteiger partial charge on any atom is 0.435 e. The van der Waals surface area contributed by atoms with E-state index in [9.17, 15) is 26.4 Å². The summed E-state index contributed by atoms with van der Waals surface area (Å²) in [4.78, 5) is 15.5. The van der Waals surface area contributed by atoms with Crippen molar-refractivity contribution < 1.29 is 31.1 Å². The van der Waals surface area contributed by atoms with Crippen molar-refractivity contribution in [3.8, 4) is 11.1 Å². The number of rotatable bonds is 7. The van der Waals surface area contributed by atoms with Gasteiger partial charge >= 0.3 is 12.1 Å². The number of carbonyl (C=O) groups excluding carboxylic acids is 1. The number of nitrogens with zero attached hydrogens (tertiary/aromatic N) is 4. The van der Waals surface area contributed by atoms with Crippen LogP contribution in [0.2, 0.25) is 0 Å². The lowest BCUT2D eigenvalue weighted by Gasteiger charge is -2.07. The van der Waals surface area contributed by atoms with E-state index in [4.69, 9.17) is 0 Å². The molecule has 0 amide bonds. The summed E-state index contributed by atoms with van der Waals surface area (Å²) in [6.07, 6.45) is -0.899. The number of benzene rings is 1. The van der Waals surface area contributed by atoms with Crippen LogP contribution in [-0.2, 0) is 32.3 Å². The van der Waals surface area contributed by atoms with Crippen LogP contribution in [0.15, 0.2) is 58.3 Å². The maximum absolute atomic E-state index is 14.0. The Hall–Kier alpha value is -3.19. The van der Waals surface area contributed by atoms with E-state index in [0.717, 1.165) is 20.4 Å². The number of fused-ring (bicyclic) bond motifs is 1. The minimum Gasteiger partial charge on any atom is -0.469 e. The normalized spacial score (nSPS) is 12.3. The number of aryl methyl sites for hydroxylation is 2. The highest BCUT2D eigenvalue weighted by atomic mass is 79.9. The number of alkyl halides is 3. The third-order valence-electron chi connectivity index (χ3n) is 5.47. The number of carbonyl (C=O) groups is 1. The minimum atomic E-state index is -4.81. The molecule has 3 aromatic heterocycles. The zero-order valence-electron chi connectivity index (χ0n) is 19.1. The van der Waals surface area contributed by atoms with Gasteiger partial charge < -0.3 is 4.74 Å². The van der Waals surface area contributed by atoms with Crippen LogP contribution in [0.4, 0.5) is 13.2 Å². The third kappa shape index (κ3) is 5.03. The molecule has 0 bridgehead atoms. The Morgan fingerprint density at radius 3 is 2.47 bits per heavy atom. The Balaban J connectivity index is 1.88.